The van der Waals surface area contributed by atoms with Gasteiger partial charge in [-0.1, -0.05) is 0 Å². The minimum atomic E-state index is -0.359. The van der Waals surface area contributed by atoms with Crippen molar-refractivity contribution in [2.45, 2.75) is 6.92 Å². The number of aromatic nitrogens is 2. The van der Waals surface area contributed by atoms with Crippen LogP contribution in [0, 0.1) is 16.3 Å². The first-order valence-electron chi connectivity index (χ1n) is 5.24. The molecule has 1 aromatic carbocycles. The van der Waals surface area contributed by atoms with E-state index in [0.717, 1.165) is 3.57 Å². The van der Waals surface area contributed by atoms with Gasteiger partial charge >= 0.3 is 0 Å². The third kappa shape index (κ3) is 2.69. The van der Waals surface area contributed by atoms with E-state index in [4.69, 9.17) is 0 Å². The van der Waals surface area contributed by atoms with Crippen molar-refractivity contribution in [2.24, 2.45) is 7.05 Å². The molecule has 0 aliphatic rings. The van der Waals surface area contributed by atoms with Crippen LogP contribution in [0.15, 0.2) is 29.1 Å². The van der Waals surface area contributed by atoms with Gasteiger partial charge in [0.15, 0.2) is 0 Å². The van der Waals surface area contributed by atoms with Gasteiger partial charge in [0, 0.05) is 16.7 Å². The van der Waals surface area contributed by atoms with Gasteiger partial charge in [-0.2, -0.15) is 5.10 Å². The van der Waals surface area contributed by atoms with E-state index in [1.165, 1.54) is 16.8 Å². The molecule has 0 radical (unpaired) electrons. The second-order valence-corrected chi connectivity index (χ2v) is 5.10. The van der Waals surface area contributed by atoms with Crippen LogP contribution in [-0.4, -0.2) is 9.78 Å². The average Bonchev–Trinajstić information content (AvgIpc) is 2.29. The summed E-state index contributed by atoms with van der Waals surface area (Å²) in [7, 11) is 1.57. The van der Waals surface area contributed by atoms with Gasteiger partial charge in [-0.05, 0) is 47.7 Å². The van der Waals surface area contributed by atoms with Crippen LogP contribution < -0.4 is 10.9 Å². The zero-order chi connectivity index (χ0) is 13.3. The van der Waals surface area contributed by atoms with Gasteiger partial charge in [0.1, 0.15) is 5.82 Å². The minimum absolute atomic E-state index is 0.242. The summed E-state index contributed by atoms with van der Waals surface area (Å²) in [5.74, 6) is -0.359. The summed E-state index contributed by atoms with van der Waals surface area (Å²) in [5.41, 5.74) is 1.23. The smallest absolute Gasteiger partial charge is 0.268 e. The van der Waals surface area contributed by atoms with Crippen LogP contribution in [0.1, 0.15) is 5.69 Å². The SMILES string of the molecule is Cc1nn(C)c(=O)cc1Nc1ccc(I)cc1F. The van der Waals surface area contributed by atoms with Crippen molar-refractivity contribution in [1.82, 2.24) is 9.78 Å². The van der Waals surface area contributed by atoms with Crippen LogP contribution in [-0.2, 0) is 7.05 Å². The molecule has 0 fully saturated rings. The van der Waals surface area contributed by atoms with Gasteiger partial charge < -0.3 is 5.32 Å². The van der Waals surface area contributed by atoms with Gasteiger partial charge in [0.25, 0.3) is 5.56 Å². The summed E-state index contributed by atoms with van der Waals surface area (Å²) in [4.78, 5) is 11.5. The lowest BCUT2D eigenvalue weighted by molar-refractivity contribution is 0.630. The highest BCUT2D eigenvalue weighted by Crippen LogP contribution is 2.22. The molecule has 0 spiro atoms. The normalized spacial score (nSPS) is 10.4. The Morgan fingerprint density at radius 2 is 2.06 bits per heavy atom. The Morgan fingerprint density at radius 1 is 1.33 bits per heavy atom. The summed E-state index contributed by atoms with van der Waals surface area (Å²) >= 11 is 2.04. The molecule has 0 saturated carbocycles. The molecule has 0 atom stereocenters. The van der Waals surface area contributed by atoms with Gasteiger partial charge in [0.05, 0.1) is 17.1 Å². The first-order valence-corrected chi connectivity index (χ1v) is 6.32. The molecule has 0 amide bonds. The second kappa shape index (κ2) is 5.05. The number of rotatable bonds is 2. The number of anilines is 2. The van der Waals surface area contributed by atoms with Crippen LogP contribution in [0.5, 0.6) is 0 Å². The molecule has 0 aliphatic carbocycles. The molecule has 0 bridgehead atoms. The van der Waals surface area contributed by atoms with E-state index in [1.54, 1.807) is 26.1 Å². The fourth-order valence-corrected chi connectivity index (χ4v) is 1.97. The van der Waals surface area contributed by atoms with E-state index in [1.807, 2.05) is 22.6 Å². The average molecular weight is 359 g/mol. The number of nitrogens with zero attached hydrogens (tertiary/aromatic N) is 2. The summed E-state index contributed by atoms with van der Waals surface area (Å²) < 4.78 is 15.7. The highest BCUT2D eigenvalue weighted by atomic mass is 127. The van der Waals surface area contributed by atoms with E-state index < -0.39 is 0 Å². The maximum Gasteiger partial charge on any atom is 0.268 e. The standard InChI is InChI=1S/C12H11FIN3O/c1-7-11(6-12(18)17(2)16-7)15-10-4-3-8(14)5-9(10)13/h3-6,15H,1-2H3. The fraction of sp³-hybridized carbons (Fsp3) is 0.167. The first-order chi connectivity index (χ1) is 8.47. The van der Waals surface area contributed by atoms with E-state index in [-0.39, 0.29) is 11.4 Å². The van der Waals surface area contributed by atoms with Crippen molar-refractivity contribution in [2.75, 3.05) is 5.32 Å². The molecule has 2 rings (SSSR count). The van der Waals surface area contributed by atoms with Gasteiger partial charge in [-0.25, -0.2) is 9.07 Å². The highest BCUT2D eigenvalue weighted by Gasteiger charge is 2.07. The van der Waals surface area contributed by atoms with Crippen LogP contribution in [0.2, 0.25) is 0 Å². The highest BCUT2D eigenvalue weighted by molar-refractivity contribution is 14.1. The molecule has 1 aromatic heterocycles. The van der Waals surface area contributed by atoms with Gasteiger partial charge in [0.2, 0.25) is 0 Å². The first kappa shape index (κ1) is 13.0. The molecule has 0 saturated heterocycles. The summed E-state index contributed by atoms with van der Waals surface area (Å²) in [6.45, 7) is 1.76. The lowest BCUT2D eigenvalue weighted by Gasteiger charge is -2.10. The number of hydrogen-bond donors (Lipinski definition) is 1. The number of aryl methyl sites for hydroxylation is 2. The molecule has 1 N–H and O–H groups in total. The molecule has 4 nitrogen and oxygen atoms in total. The zero-order valence-electron chi connectivity index (χ0n) is 9.87. The number of benzene rings is 1. The number of hydrogen-bond acceptors (Lipinski definition) is 3. The molecule has 1 heterocycles. The van der Waals surface area contributed by atoms with E-state index in [2.05, 4.69) is 10.4 Å². The zero-order valence-corrected chi connectivity index (χ0v) is 12.0. The molecule has 94 valence electrons. The Kier molecular flexibility index (Phi) is 3.65. The molecule has 0 unspecified atom stereocenters. The van der Waals surface area contributed by atoms with Crippen molar-refractivity contribution in [3.63, 3.8) is 0 Å². The Morgan fingerprint density at radius 3 is 2.72 bits per heavy atom. The van der Waals surface area contributed by atoms with Gasteiger partial charge in [-0.15, -0.1) is 0 Å². The largest absolute Gasteiger partial charge is 0.351 e. The van der Waals surface area contributed by atoms with Crippen LogP contribution >= 0.6 is 22.6 Å². The lowest BCUT2D eigenvalue weighted by atomic mass is 10.2. The molecule has 6 heteroatoms. The number of nitrogens with one attached hydrogen (secondary N) is 1. The predicted molar refractivity (Wildman–Crippen MR) is 76.6 cm³/mol. The van der Waals surface area contributed by atoms with Crippen LogP contribution in [0.25, 0.3) is 0 Å². The van der Waals surface area contributed by atoms with Crippen LogP contribution in [0.4, 0.5) is 15.8 Å². The topological polar surface area (TPSA) is 46.9 Å². The van der Waals surface area contributed by atoms with Crippen molar-refractivity contribution in [3.8, 4) is 0 Å². The predicted octanol–water partition coefficient (Wildman–Crippen LogP) is 2.58. The third-order valence-corrected chi connectivity index (χ3v) is 3.15. The van der Waals surface area contributed by atoms with E-state index in [0.29, 0.717) is 17.1 Å². The fourth-order valence-electron chi connectivity index (χ4n) is 1.51. The molecule has 0 aliphatic heterocycles. The molecular weight excluding hydrogens is 348 g/mol. The van der Waals surface area contributed by atoms with Crippen LogP contribution in [0.3, 0.4) is 0 Å². The number of halogens is 2. The molecular formula is C12H11FIN3O. The van der Waals surface area contributed by atoms with Crippen molar-refractivity contribution in [3.05, 3.63) is 49.7 Å². The van der Waals surface area contributed by atoms with Crippen molar-refractivity contribution >= 4 is 34.0 Å². The maximum atomic E-state index is 13.7. The van der Waals surface area contributed by atoms with Crippen molar-refractivity contribution < 1.29 is 4.39 Å². The molecule has 2 aromatic rings. The Labute approximate surface area is 117 Å². The Hall–Kier alpha value is -1.44. The monoisotopic (exact) mass is 359 g/mol. The second-order valence-electron chi connectivity index (χ2n) is 3.85. The minimum Gasteiger partial charge on any atom is -0.351 e. The summed E-state index contributed by atoms with van der Waals surface area (Å²) in [6, 6.07) is 6.25. The maximum absolute atomic E-state index is 13.7. The third-order valence-electron chi connectivity index (χ3n) is 2.48. The summed E-state index contributed by atoms with van der Waals surface area (Å²) in [6.07, 6.45) is 0. The van der Waals surface area contributed by atoms with E-state index >= 15 is 0 Å². The summed E-state index contributed by atoms with van der Waals surface area (Å²) in [5, 5.41) is 6.92. The molecule has 18 heavy (non-hydrogen) atoms. The van der Waals surface area contributed by atoms with E-state index in [9.17, 15) is 9.18 Å². The Balaban J connectivity index is 2.40. The lowest BCUT2D eigenvalue weighted by Crippen LogP contribution is -2.20. The van der Waals surface area contributed by atoms with Gasteiger partial charge in [-0.3, -0.25) is 4.79 Å². The van der Waals surface area contributed by atoms with Crippen molar-refractivity contribution in [1.29, 1.82) is 0 Å². The Bertz CT molecular complexity index is 654. The quantitative estimate of drug-likeness (QED) is 0.839.